The fraction of sp³-hybridized carbons (Fsp3) is 0.333. The molecule has 0 unspecified atom stereocenters. The van der Waals surface area contributed by atoms with Crippen LogP contribution < -0.4 is 10.6 Å². The topological polar surface area (TPSA) is 81.8 Å². The molecule has 3 rings (SSSR count). The van der Waals surface area contributed by atoms with Crippen molar-refractivity contribution in [3.05, 3.63) is 28.2 Å². The van der Waals surface area contributed by atoms with Crippen molar-refractivity contribution in [1.82, 2.24) is 15.3 Å². The largest absolute Gasteiger partial charge is 0.323 e. The Morgan fingerprint density at radius 1 is 1.36 bits per heavy atom. The van der Waals surface area contributed by atoms with E-state index < -0.39 is 17.5 Å². The Kier molecular flexibility index (Phi) is 4.48. The van der Waals surface area contributed by atoms with Crippen LogP contribution >= 0.6 is 35.4 Å². The molecule has 0 aromatic heterocycles. The zero-order valence-corrected chi connectivity index (χ0v) is 15.6. The highest BCUT2D eigenvalue weighted by molar-refractivity contribution is 7.80. The quantitative estimate of drug-likeness (QED) is 0.741. The standard InChI is InChI=1S/C15H14Cl2N4O3S/c1-15(2)13(24)19-14(25)20-11(22)6-10(21(15)20)12(23)18-9-5-7(16)3-4-8(9)17/h3-5,10H,6H2,1-2H3,(H,18,23)(H,19,24,25)/t10-/m0/s1. The summed E-state index contributed by atoms with van der Waals surface area (Å²) in [6.45, 7) is 3.23. The summed E-state index contributed by atoms with van der Waals surface area (Å²) in [6.07, 6.45) is -0.109. The van der Waals surface area contributed by atoms with E-state index in [0.29, 0.717) is 15.7 Å². The lowest BCUT2D eigenvalue weighted by molar-refractivity contribution is -0.154. The van der Waals surface area contributed by atoms with Crippen molar-refractivity contribution in [2.75, 3.05) is 5.32 Å². The van der Waals surface area contributed by atoms with E-state index in [0.717, 1.165) is 0 Å². The fourth-order valence-corrected chi connectivity index (χ4v) is 3.49. The summed E-state index contributed by atoms with van der Waals surface area (Å²) < 4.78 is 0. The van der Waals surface area contributed by atoms with Gasteiger partial charge in [0.1, 0.15) is 11.6 Å². The molecule has 0 bridgehead atoms. The molecule has 10 heteroatoms. The molecule has 0 spiro atoms. The van der Waals surface area contributed by atoms with Gasteiger partial charge in [0.05, 0.1) is 17.1 Å². The number of carbonyl (C=O) groups is 3. The first-order valence-corrected chi connectivity index (χ1v) is 8.53. The molecule has 25 heavy (non-hydrogen) atoms. The Bertz CT molecular complexity index is 814. The van der Waals surface area contributed by atoms with Crippen LogP contribution in [-0.2, 0) is 14.4 Å². The molecule has 2 heterocycles. The van der Waals surface area contributed by atoms with Gasteiger partial charge < -0.3 is 5.32 Å². The summed E-state index contributed by atoms with van der Waals surface area (Å²) in [5.41, 5.74) is -0.805. The summed E-state index contributed by atoms with van der Waals surface area (Å²) in [4.78, 5) is 37.3. The molecule has 0 aliphatic carbocycles. The second kappa shape index (κ2) is 6.21. The Labute approximate surface area is 159 Å². The third kappa shape index (κ3) is 2.99. The molecule has 1 atom stereocenters. The van der Waals surface area contributed by atoms with Crippen molar-refractivity contribution in [2.24, 2.45) is 0 Å². The molecular formula is C15H14Cl2N4O3S. The minimum absolute atomic E-state index is 0.0367. The van der Waals surface area contributed by atoms with Crippen molar-refractivity contribution in [3.8, 4) is 0 Å². The molecule has 2 aliphatic heterocycles. The monoisotopic (exact) mass is 400 g/mol. The number of halogens is 2. The maximum absolute atomic E-state index is 12.8. The first-order chi connectivity index (χ1) is 11.6. The highest BCUT2D eigenvalue weighted by Crippen LogP contribution is 2.33. The number of nitrogens with one attached hydrogen (secondary N) is 2. The van der Waals surface area contributed by atoms with E-state index in [9.17, 15) is 14.4 Å². The molecule has 132 valence electrons. The van der Waals surface area contributed by atoms with E-state index in [1.54, 1.807) is 26.0 Å². The van der Waals surface area contributed by atoms with Crippen LogP contribution in [0.5, 0.6) is 0 Å². The van der Waals surface area contributed by atoms with Gasteiger partial charge in [0.25, 0.3) is 0 Å². The van der Waals surface area contributed by atoms with Gasteiger partial charge in [0, 0.05) is 5.02 Å². The van der Waals surface area contributed by atoms with E-state index in [2.05, 4.69) is 10.6 Å². The minimum atomic E-state index is -1.13. The molecule has 7 nitrogen and oxygen atoms in total. The summed E-state index contributed by atoms with van der Waals surface area (Å²) in [5.74, 6) is -1.23. The predicted molar refractivity (Wildman–Crippen MR) is 97.0 cm³/mol. The minimum Gasteiger partial charge on any atom is -0.323 e. The Morgan fingerprint density at radius 2 is 2.04 bits per heavy atom. The number of hydrazine groups is 1. The number of fused-ring (bicyclic) bond motifs is 1. The Balaban J connectivity index is 1.92. The van der Waals surface area contributed by atoms with Gasteiger partial charge >= 0.3 is 0 Å². The first kappa shape index (κ1) is 18.1. The van der Waals surface area contributed by atoms with Gasteiger partial charge in [0.2, 0.25) is 17.7 Å². The number of hydrogen-bond acceptors (Lipinski definition) is 5. The van der Waals surface area contributed by atoms with E-state index in [1.807, 2.05) is 0 Å². The number of anilines is 1. The average molecular weight is 401 g/mol. The third-order valence-corrected chi connectivity index (χ3v) is 4.98. The van der Waals surface area contributed by atoms with Gasteiger partial charge in [-0.2, -0.15) is 5.01 Å². The van der Waals surface area contributed by atoms with Crippen LogP contribution in [0.3, 0.4) is 0 Å². The van der Waals surface area contributed by atoms with Crippen LogP contribution in [0.4, 0.5) is 5.69 Å². The van der Waals surface area contributed by atoms with Crippen LogP contribution in [0.25, 0.3) is 0 Å². The van der Waals surface area contributed by atoms with Gasteiger partial charge in [-0.3, -0.25) is 19.7 Å². The van der Waals surface area contributed by atoms with Gasteiger partial charge in [-0.1, -0.05) is 23.2 Å². The molecule has 2 N–H and O–H groups in total. The van der Waals surface area contributed by atoms with Crippen LogP contribution in [-0.4, -0.2) is 44.4 Å². The van der Waals surface area contributed by atoms with Crippen LogP contribution in [0, 0.1) is 0 Å². The molecule has 3 amide bonds. The second-order valence-electron chi connectivity index (χ2n) is 6.20. The van der Waals surface area contributed by atoms with Gasteiger partial charge in [-0.05, 0) is 44.3 Å². The molecule has 0 saturated carbocycles. The van der Waals surface area contributed by atoms with E-state index in [-0.39, 0.29) is 23.3 Å². The zero-order valence-electron chi connectivity index (χ0n) is 13.3. The number of benzene rings is 1. The molecule has 2 aliphatic rings. The lowest BCUT2D eigenvalue weighted by atomic mass is 10.00. The molecule has 2 fully saturated rings. The normalized spacial score (nSPS) is 22.6. The highest BCUT2D eigenvalue weighted by Gasteiger charge is 2.56. The first-order valence-electron chi connectivity index (χ1n) is 7.36. The maximum Gasteiger partial charge on any atom is 0.248 e. The number of rotatable bonds is 2. The molecular weight excluding hydrogens is 387 g/mol. The number of carbonyl (C=O) groups excluding carboxylic acids is 3. The van der Waals surface area contributed by atoms with Crippen LogP contribution in [0.1, 0.15) is 20.3 Å². The molecule has 1 aromatic carbocycles. The number of thiocarbonyl (C=S) groups is 1. The van der Waals surface area contributed by atoms with E-state index >= 15 is 0 Å². The van der Waals surface area contributed by atoms with Crippen LogP contribution in [0.2, 0.25) is 10.0 Å². The highest BCUT2D eigenvalue weighted by atomic mass is 35.5. The molecule has 0 radical (unpaired) electrons. The number of amides is 3. The number of hydrogen-bond donors (Lipinski definition) is 2. The van der Waals surface area contributed by atoms with Gasteiger partial charge in [-0.15, -0.1) is 0 Å². The lowest BCUT2D eigenvalue weighted by Gasteiger charge is -2.45. The van der Waals surface area contributed by atoms with E-state index in [1.165, 1.54) is 16.1 Å². The summed E-state index contributed by atoms with van der Waals surface area (Å²) >= 11 is 17.1. The molecule has 2 saturated heterocycles. The van der Waals surface area contributed by atoms with E-state index in [4.69, 9.17) is 35.4 Å². The van der Waals surface area contributed by atoms with Crippen molar-refractivity contribution in [2.45, 2.75) is 31.8 Å². The summed E-state index contributed by atoms with van der Waals surface area (Å²) in [5, 5.41) is 8.40. The zero-order chi connectivity index (χ0) is 18.5. The second-order valence-corrected chi connectivity index (χ2v) is 7.43. The SMILES string of the molecule is CC1(C)C(=O)NC(=S)N2C(=O)C[C@@H](C(=O)Nc3cc(Cl)ccc3Cl)N21. The van der Waals surface area contributed by atoms with Crippen molar-refractivity contribution < 1.29 is 14.4 Å². The van der Waals surface area contributed by atoms with Crippen molar-refractivity contribution in [1.29, 1.82) is 0 Å². The van der Waals surface area contributed by atoms with Crippen LogP contribution in [0.15, 0.2) is 18.2 Å². The fourth-order valence-electron chi connectivity index (χ4n) is 2.87. The van der Waals surface area contributed by atoms with Gasteiger partial charge in [0.15, 0.2) is 5.11 Å². The smallest absolute Gasteiger partial charge is 0.248 e. The summed E-state index contributed by atoms with van der Waals surface area (Å²) in [6, 6.07) is 3.76. The van der Waals surface area contributed by atoms with Crippen molar-refractivity contribution in [3.63, 3.8) is 0 Å². The maximum atomic E-state index is 12.8. The summed E-state index contributed by atoms with van der Waals surface area (Å²) in [7, 11) is 0. The Hall–Kier alpha value is -1.74. The lowest BCUT2D eigenvalue weighted by Crippen LogP contribution is -2.71. The third-order valence-electron chi connectivity index (χ3n) is 4.15. The number of nitrogens with zero attached hydrogens (tertiary/aromatic N) is 2. The average Bonchev–Trinajstić information content (AvgIpc) is 2.88. The van der Waals surface area contributed by atoms with Gasteiger partial charge in [-0.25, -0.2) is 5.01 Å². The predicted octanol–water partition coefficient (Wildman–Crippen LogP) is 1.94. The Morgan fingerprint density at radius 3 is 2.72 bits per heavy atom. The van der Waals surface area contributed by atoms with Crippen molar-refractivity contribution >= 4 is 63.9 Å². The molecule has 1 aromatic rings.